The molecule has 0 amide bonds. The summed E-state index contributed by atoms with van der Waals surface area (Å²) in [6.07, 6.45) is 0.599. The SMILES string of the molecule is Cc1cc(C#CCO)ccc1NS(=O)(=O)CCC(C)(C)C. The quantitative estimate of drug-likeness (QED) is 0.840. The smallest absolute Gasteiger partial charge is 0.232 e. The average Bonchev–Trinajstić information content (AvgIpc) is 2.36. The molecular weight excluding hydrogens is 286 g/mol. The van der Waals surface area contributed by atoms with E-state index in [1.165, 1.54) is 0 Å². The Hall–Kier alpha value is -1.51. The molecule has 5 heteroatoms. The van der Waals surface area contributed by atoms with E-state index in [9.17, 15) is 8.42 Å². The summed E-state index contributed by atoms with van der Waals surface area (Å²) in [4.78, 5) is 0. The number of hydrogen-bond acceptors (Lipinski definition) is 3. The van der Waals surface area contributed by atoms with Gasteiger partial charge in [0, 0.05) is 5.56 Å². The summed E-state index contributed by atoms with van der Waals surface area (Å²) in [6, 6.07) is 5.23. The van der Waals surface area contributed by atoms with Crippen LogP contribution in [0, 0.1) is 24.2 Å². The van der Waals surface area contributed by atoms with Gasteiger partial charge in [-0.25, -0.2) is 8.42 Å². The maximum absolute atomic E-state index is 12.1. The summed E-state index contributed by atoms with van der Waals surface area (Å²) in [5.41, 5.74) is 2.10. The van der Waals surface area contributed by atoms with E-state index in [2.05, 4.69) is 16.6 Å². The summed E-state index contributed by atoms with van der Waals surface area (Å²) in [6.45, 7) is 7.68. The minimum absolute atomic E-state index is 0.0203. The molecule has 0 spiro atoms. The van der Waals surface area contributed by atoms with Crippen LogP contribution in [0.1, 0.15) is 38.3 Å². The first-order valence-electron chi connectivity index (χ1n) is 6.84. The first-order chi connectivity index (χ1) is 9.63. The van der Waals surface area contributed by atoms with Crippen molar-refractivity contribution in [3.8, 4) is 11.8 Å². The van der Waals surface area contributed by atoms with Gasteiger partial charge in [-0.15, -0.1) is 0 Å². The van der Waals surface area contributed by atoms with Crippen molar-refractivity contribution >= 4 is 15.7 Å². The first-order valence-corrected chi connectivity index (χ1v) is 8.49. The molecular formula is C16H23NO3S. The average molecular weight is 309 g/mol. The molecule has 0 aliphatic rings. The van der Waals surface area contributed by atoms with Gasteiger partial charge in [-0.1, -0.05) is 32.6 Å². The Morgan fingerprint density at radius 1 is 1.29 bits per heavy atom. The molecule has 4 nitrogen and oxygen atoms in total. The lowest BCUT2D eigenvalue weighted by Gasteiger charge is -2.18. The maximum Gasteiger partial charge on any atom is 0.232 e. The molecule has 0 aliphatic carbocycles. The normalized spacial score (nSPS) is 11.7. The van der Waals surface area contributed by atoms with E-state index in [0.717, 1.165) is 11.1 Å². The van der Waals surface area contributed by atoms with Crippen LogP contribution in [0.25, 0.3) is 0 Å². The van der Waals surface area contributed by atoms with Crippen LogP contribution >= 0.6 is 0 Å². The second-order valence-electron chi connectivity index (χ2n) is 6.22. The molecule has 0 saturated heterocycles. The van der Waals surface area contributed by atoms with E-state index in [0.29, 0.717) is 12.1 Å². The third-order valence-corrected chi connectivity index (χ3v) is 4.20. The molecule has 0 fully saturated rings. The molecule has 0 saturated carbocycles. The molecule has 1 rings (SSSR count). The van der Waals surface area contributed by atoms with E-state index in [4.69, 9.17) is 5.11 Å². The van der Waals surface area contributed by atoms with Gasteiger partial charge in [-0.2, -0.15) is 0 Å². The third kappa shape index (κ3) is 6.65. The van der Waals surface area contributed by atoms with Gasteiger partial charge in [0.25, 0.3) is 0 Å². The summed E-state index contributed by atoms with van der Waals surface area (Å²) < 4.78 is 26.8. The fourth-order valence-electron chi connectivity index (χ4n) is 1.66. The van der Waals surface area contributed by atoms with Crippen molar-refractivity contribution in [2.75, 3.05) is 17.1 Å². The second kappa shape index (κ2) is 6.97. The molecule has 0 aromatic heterocycles. The lowest BCUT2D eigenvalue weighted by Crippen LogP contribution is -2.21. The van der Waals surface area contributed by atoms with Crippen molar-refractivity contribution in [2.24, 2.45) is 5.41 Å². The van der Waals surface area contributed by atoms with Crippen LogP contribution in [0.2, 0.25) is 0 Å². The molecule has 1 aromatic rings. The summed E-state index contributed by atoms with van der Waals surface area (Å²) >= 11 is 0. The van der Waals surface area contributed by atoms with Crippen LogP contribution in [0.3, 0.4) is 0 Å². The molecule has 2 N–H and O–H groups in total. The summed E-state index contributed by atoms with van der Waals surface area (Å²) in [5, 5.41) is 8.66. The monoisotopic (exact) mass is 309 g/mol. The first kappa shape index (κ1) is 17.5. The molecule has 0 atom stereocenters. The molecule has 0 aliphatic heterocycles. The minimum Gasteiger partial charge on any atom is -0.384 e. The standard InChI is InChI=1S/C16H23NO3S/c1-13-12-14(6-5-10-18)7-8-15(13)17-21(19,20)11-9-16(2,3)4/h7-8,12,17-18H,9-11H2,1-4H3. The summed E-state index contributed by atoms with van der Waals surface area (Å²) in [7, 11) is -3.35. The Morgan fingerprint density at radius 3 is 2.48 bits per heavy atom. The number of sulfonamides is 1. The highest BCUT2D eigenvalue weighted by molar-refractivity contribution is 7.92. The number of rotatable bonds is 4. The predicted molar refractivity (Wildman–Crippen MR) is 86.6 cm³/mol. The van der Waals surface area contributed by atoms with Crippen LogP contribution in [0.4, 0.5) is 5.69 Å². The largest absolute Gasteiger partial charge is 0.384 e. The summed E-state index contributed by atoms with van der Waals surface area (Å²) in [5.74, 6) is 5.46. The lowest BCUT2D eigenvalue weighted by atomic mass is 9.94. The van der Waals surface area contributed by atoms with Gasteiger partial charge >= 0.3 is 0 Å². The van der Waals surface area contributed by atoms with Gasteiger partial charge in [-0.05, 0) is 42.5 Å². The molecule has 0 radical (unpaired) electrons. The number of aliphatic hydroxyl groups excluding tert-OH is 1. The van der Waals surface area contributed by atoms with E-state index in [1.54, 1.807) is 18.2 Å². The van der Waals surface area contributed by atoms with Crippen LogP contribution < -0.4 is 4.72 Å². The fraction of sp³-hybridized carbons (Fsp3) is 0.500. The number of benzene rings is 1. The topological polar surface area (TPSA) is 66.4 Å². The van der Waals surface area contributed by atoms with E-state index >= 15 is 0 Å². The lowest BCUT2D eigenvalue weighted by molar-refractivity contribution is 0.350. The van der Waals surface area contributed by atoms with E-state index in [-0.39, 0.29) is 17.8 Å². The van der Waals surface area contributed by atoms with Crippen LogP contribution in [0.15, 0.2) is 18.2 Å². The highest BCUT2D eigenvalue weighted by Crippen LogP contribution is 2.22. The molecule has 0 heterocycles. The highest BCUT2D eigenvalue weighted by Gasteiger charge is 2.17. The fourth-order valence-corrected chi connectivity index (χ4v) is 3.20. The van der Waals surface area contributed by atoms with Crippen molar-refractivity contribution in [2.45, 2.75) is 34.1 Å². The second-order valence-corrected chi connectivity index (χ2v) is 8.06. The maximum atomic E-state index is 12.1. The van der Waals surface area contributed by atoms with E-state index < -0.39 is 10.0 Å². The highest BCUT2D eigenvalue weighted by atomic mass is 32.2. The number of aliphatic hydroxyl groups is 1. The third-order valence-electron chi connectivity index (χ3n) is 2.92. The predicted octanol–water partition coefficient (Wildman–Crippen LogP) is 2.52. The number of aryl methyl sites for hydroxylation is 1. The van der Waals surface area contributed by atoms with E-state index in [1.807, 2.05) is 27.7 Å². The van der Waals surface area contributed by atoms with Gasteiger partial charge in [0.2, 0.25) is 10.0 Å². The number of hydrogen-bond donors (Lipinski definition) is 2. The number of anilines is 1. The minimum atomic E-state index is -3.35. The Balaban J connectivity index is 2.83. The molecule has 0 unspecified atom stereocenters. The Kier molecular flexibility index (Phi) is 5.82. The molecule has 1 aromatic carbocycles. The number of nitrogens with one attached hydrogen (secondary N) is 1. The van der Waals surface area contributed by atoms with Crippen molar-refractivity contribution in [1.29, 1.82) is 0 Å². The van der Waals surface area contributed by atoms with Crippen molar-refractivity contribution in [3.05, 3.63) is 29.3 Å². The zero-order chi connectivity index (χ0) is 16.1. The zero-order valence-corrected chi connectivity index (χ0v) is 13.8. The van der Waals surface area contributed by atoms with Crippen molar-refractivity contribution in [1.82, 2.24) is 0 Å². The van der Waals surface area contributed by atoms with Crippen LogP contribution in [-0.2, 0) is 10.0 Å². The van der Waals surface area contributed by atoms with Crippen LogP contribution in [-0.4, -0.2) is 25.9 Å². The van der Waals surface area contributed by atoms with Gasteiger partial charge < -0.3 is 5.11 Å². The van der Waals surface area contributed by atoms with Gasteiger partial charge in [-0.3, -0.25) is 4.72 Å². The Labute approximate surface area is 127 Å². The van der Waals surface area contributed by atoms with Crippen molar-refractivity contribution in [3.63, 3.8) is 0 Å². The molecule has 0 bridgehead atoms. The Morgan fingerprint density at radius 2 is 1.95 bits per heavy atom. The van der Waals surface area contributed by atoms with Crippen molar-refractivity contribution < 1.29 is 13.5 Å². The zero-order valence-electron chi connectivity index (χ0n) is 13.0. The van der Waals surface area contributed by atoms with Gasteiger partial charge in [0.15, 0.2) is 0 Å². The van der Waals surface area contributed by atoms with Gasteiger partial charge in [0.05, 0.1) is 11.4 Å². The Bertz CT molecular complexity index is 646. The molecule has 116 valence electrons. The van der Waals surface area contributed by atoms with Crippen LogP contribution in [0.5, 0.6) is 0 Å². The van der Waals surface area contributed by atoms with Gasteiger partial charge in [0.1, 0.15) is 6.61 Å². The molecule has 21 heavy (non-hydrogen) atoms.